The second kappa shape index (κ2) is 5.24. The summed E-state index contributed by atoms with van der Waals surface area (Å²) >= 11 is 0. The maximum absolute atomic E-state index is 5.35. The van der Waals surface area contributed by atoms with Gasteiger partial charge in [0.25, 0.3) is 0 Å². The van der Waals surface area contributed by atoms with Crippen LogP contribution in [0.15, 0.2) is 18.2 Å². The van der Waals surface area contributed by atoms with Gasteiger partial charge in [-0.05, 0) is 43.4 Å². The number of hydrogen-bond donors (Lipinski definition) is 1. The summed E-state index contributed by atoms with van der Waals surface area (Å²) in [6.45, 7) is 3.19. The summed E-state index contributed by atoms with van der Waals surface area (Å²) in [6.07, 6.45) is 5.55. The van der Waals surface area contributed by atoms with Crippen molar-refractivity contribution >= 4 is 5.69 Å². The minimum atomic E-state index is 0.852. The van der Waals surface area contributed by atoms with E-state index in [0.29, 0.717) is 0 Å². The lowest BCUT2D eigenvalue weighted by atomic mass is 10.1. The minimum absolute atomic E-state index is 0.852. The van der Waals surface area contributed by atoms with Crippen LogP contribution in [0.25, 0.3) is 0 Å². The van der Waals surface area contributed by atoms with Gasteiger partial charge in [-0.25, -0.2) is 0 Å². The molecule has 1 N–H and O–H groups in total. The summed E-state index contributed by atoms with van der Waals surface area (Å²) in [5, 5.41) is 3.52. The van der Waals surface area contributed by atoms with Crippen LogP contribution in [0, 0.1) is 12.8 Å². The van der Waals surface area contributed by atoms with E-state index >= 15 is 0 Å². The molecule has 0 aromatic heterocycles. The number of benzene rings is 1. The Balaban J connectivity index is 1.98. The summed E-state index contributed by atoms with van der Waals surface area (Å²) in [5.74, 6) is 1.80. The summed E-state index contributed by atoms with van der Waals surface area (Å²) < 4.78 is 5.35. The number of methoxy groups -OCH3 is 1. The molecular formula is C14H21NO. The molecule has 0 unspecified atom stereocenters. The number of anilines is 1. The molecule has 1 aromatic rings. The summed E-state index contributed by atoms with van der Waals surface area (Å²) in [7, 11) is 1.73. The van der Waals surface area contributed by atoms with Gasteiger partial charge in [-0.2, -0.15) is 0 Å². The normalized spacial score (nSPS) is 16.4. The standard InChI is InChI=1S/C14H21NO/c1-11-7-8-14(16-2)13(9-11)15-10-12-5-3-4-6-12/h7-9,12,15H,3-6,10H2,1-2H3. The van der Waals surface area contributed by atoms with E-state index < -0.39 is 0 Å². The van der Waals surface area contributed by atoms with Crippen molar-refractivity contribution in [3.05, 3.63) is 23.8 Å². The molecule has 0 saturated heterocycles. The number of hydrogen-bond acceptors (Lipinski definition) is 2. The Morgan fingerprint density at radius 1 is 1.31 bits per heavy atom. The van der Waals surface area contributed by atoms with Gasteiger partial charge in [0.1, 0.15) is 5.75 Å². The number of ether oxygens (including phenoxy) is 1. The zero-order chi connectivity index (χ0) is 11.4. The van der Waals surface area contributed by atoms with Crippen molar-refractivity contribution in [2.75, 3.05) is 19.0 Å². The van der Waals surface area contributed by atoms with E-state index in [4.69, 9.17) is 4.74 Å². The average molecular weight is 219 g/mol. The van der Waals surface area contributed by atoms with Crippen molar-refractivity contribution in [1.82, 2.24) is 0 Å². The summed E-state index contributed by atoms with van der Waals surface area (Å²) in [6, 6.07) is 6.28. The molecule has 88 valence electrons. The molecule has 0 bridgehead atoms. The van der Waals surface area contributed by atoms with Crippen LogP contribution < -0.4 is 10.1 Å². The molecule has 0 aliphatic heterocycles. The predicted molar refractivity (Wildman–Crippen MR) is 68.2 cm³/mol. The Bertz CT molecular complexity index is 343. The fourth-order valence-corrected chi connectivity index (χ4v) is 2.43. The molecule has 1 saturated carbocycles. The number of nitrogens with one attached hydrogen (secondary N) is 1. The van der Waals surface area contributed by atoms with Crippen molar-refractivity contribution in [3.63, 3.8) is 0 Å². The first kappa shape index (κ1) is 11.3. The van der Waals surface area contributed by atoms with Gasteiger partial charge in [-0.15, -0.1) is 0 Å². The van der Waals surface area contributed by atoms with Crippen LogP contribution in [0.1, 0.15) is 31.2 Å². The summed E-state index contributed by atoms with van der Waals surface area (Å²) in [4.78, 5) is 0. The van der Waals surface area contributed by atoms with Gasteiger partial charge >= 0.3 is 0 Å². The molecule has 1 aliphatic rings. The zero-order valence-corrected chi connectivity index (χ0v) is 10.3. The third-order valence-electron chi connectivity index (χ3n) is 3.41. The predicted octanol–water partition coefficient (Wildman–Crippen LogP) is 3.61. The molecule has 0 radical (unpaired) electrons. The fourth-order valence-electron chi connectivity index (χ4n) is 2.43. The quantitative estimate of drug-likeness (QED) is 0.835. The Morgan fingerprint density at radius 2 is 2.06 bits per heavy atom. The first-order valence-corrected chi connectivity index (χ1v) is 6.18. The second-order valence-electron chi connectivity index (χ2n) is 4.74. The lowest BCUT2D eigenvalue weighted by Gasteiger charge is -2.15. The molecular weight excluding hydrogens is 198 g/mol. The number of rotatable bonds is 4. The maximum Gasteiger partial charge on any atom is 0.141 e. The highest BCUT2D eigenvalue weighted by atomic mass is 16.5. The Hall–Kier alpha value is -1.18. The molecule has 0 heterocycles. The van der Waals surface area contributed by atoms with Crippen LogP contribution in [0.5, 0.6) is 5.75 Å². The molecule has 1 aromatic carbocycles. The third kappa shape index (κ3) is 2.69. The maximum atomic E-state index is 5.35. The van der Waals surface area contributed by atoms with Gasteiger partial charge in [-0.3, -0.25) is 0 Å². The molecule has 2 rings (SSSR count). The van der Waals surface area contributed by atoms with Crippen LogP contribution in [0.4, 0.5) is 5.69 Å². The molecule has 2 nitrogen and oxygen atoms in total. The van der Waals surface area contributed by atoms with Crippen molar-refractivity contribution < 1.29 is 4.74 Å². The number of aryl methyl sites for hydroxylation is 1. The second-order valence-corrected chi connectivity index (χ2v) is 4.74. The largest absolute Gasteiger partial charge is 0.495 e. The van der Waals surface area contributed by atoms with Crippen LogP contribution in [0.2, 0.25) is 0 Å². The van der Waals surface area contributed by atoms with Gasteiger partial charge in [0.05, 0.1) is 12.8 Å². The highest BCUT2D eigenvalue weighted by Gasteiger charge is 2.15. The van der Waals surface area contributed by atoms with E-state index in [2.05, 4.69) is 24.4 Å². The van der Waals surface area contributed by atoms with E-state index in [0.717, 1.165) is 23.9 Å². The molecule has 1 aliphatic carbocycles. The smallest absolute Gasteiger partial charge is 0.141 e. The average Bonchev–Trinajstić information content (AvgIpc) is 2.79. The van der Waals surface area contributed by atoms with Gasteiger partial charge < -0.3 is 10.1 Å². The topological polar surface area (TPSA) is 21.3 Å². The van der Waals surface area contributed by atoms with E-state index in [9.17, 15) is 0 Å². The van der Waals surface area contributed by atoms with Gasteiger partial charge in [0.2, 0.25) is 0 Å². The molecule has 2 heteroatoms. The van der Waals surface area contributed by atoms with Gasteiger partial charge in [0.15, 0.2) is 0 Å². The van der Waals surface area contributed by atoms with Crippen molar-refractivity contribution in [1.29, 1.82) is 0 Å². The monoisotopic (exact) mass is 219 g/mol. The zero-order valence-electron chi connectivity index (χ0n) is 10.3. The van der Waals surface area contributed by atoms with E-state index in [-0.39, 0.29) is 0 Å². The molecule has 0 amide bonds. The highest BCUT2D eigenvalue weighted by molar-refractivity contribution is 5.57. The lowest BCUT2D eigenvalue weighted by Crippen LogP contribution is -2.11. The Kier molecular flexibility index (Phi) is 3.70. The van der Waals surface area contributed by atoms with Crippen molar-refractivity contribution in [2.45, 2.75) is 32.6 Å². The van der Waals surface area contributed by atoms with E-state index in [1.807, 2.05) is 6.07 Å². The first-order valence-electron chi connectivity index (χ1n) is 6.18. The molecule has 0 atom stereocenters. The molecule has 0 spiro atoms. The molecule has 1 fully saturated rings. The van der Waals surface area contributed by atoms with Gasteiger partial charge in [-0.1, -0.05) is 18.9 Å². The van der Waals surface area contributed by atoms with Crippen molar-refractivity contribution in [2.24, 2.45) is 5.92 Å². The first-order chi connectivity index (χ1) is 7.79. The fraction of sp³-hybridized carbons (Fsp3) is 0.571. The lowest BCUT2D eigenvalue weighted by molar-refractivity contribution is 0.416. The third-order valence-corrected chi connectivity index (χ3v) is 3.41. The van der Waals surface area contributed by atoms with Crippen LogP contribution >= 0.6 is 0 Å². The van der Waals surface area contributed by atoms with E-state index in [1.54, 1.807) is 7.11 Å². The SMILES string of the molecule is COc1ccc(C)cc1NCC1CCCC1. The van der Waals surface area contributed by atoms with Crippen LogP contribution in [0.3, 0.4) is 0 Å². The Labute approximate surface area is 98.0 Å². The molecule has 16 heavy (non-hydrogen) atoms. The minimum Gasteiger partial charge on any atom is -0.495 e. The van der Waals surface area contributed by atoms with Gasteiger partial charge in [0, 0.05) is 6.54 Å². The summed E-state index contributed by atoms with van der Waals surface area (Å²) in [5.41, 5.74) is 2.41. The van der Waals surface area contributed by atoms with Crippen LogP contribution in [-0.2, 0) is 0 Å². The highest BCUT2D eigenvalue weighted by Crippen LogP contribution is 2.28. The van der Waals surface area contributed by atoms with Crippen LogP contribution in [-0.4, -0.2) is 13.7 Å². The van der Waals surface area contributed by atoms with E-state index in [1.165, 1.54) is 31.2 Å². The Morgan fingerprint density at radius 3 is 2.75 bits per heavy atom. The van der Waals surface area contributed by atoms with Crippen molar-refractivity contribution in [3.8, 4) is 5.75 Å².